The molecule has 10 nitrogen and oxygen atoms in total. The molecule has 0 atom stereocenters. The fourth-order valence-corrected chi connectivity index (χ4v) is 11.1. The van der Waals surface area contributed by atoms with Crippen molar-refractivity contribution in [2.24, 2.45) is 0 Å². The van der Waals surface area contributed by atoms with Crippen LogP contribution in [0.1, 0.15) is 219 Å². The van der Waals surface area contributed by atoms with Gasteiger partial charge in [0.15, 0.2) is 10.9 Å². The summed E-state index contributed by atoms with van der Waals surface area (Å²) >= 11 is 0. The maximum Gasteiger partial charge on any atom is 0.200 e. The molecular formula is C76H102O10. The van der Waals surface area contributed by atoms with E-state index in [1.54, 1.807) is 12.5 Å². The van der Waals surface area contributed by atoms with Crippen LogP contribution in [-0.2, 0) is 0 Å². The number of ether oxygens (including phenoxy) is 6. The second-order valence-electron chi connectivity index (χ2n) is 23.5. The molecule has 2 aromatic heterocycles. The molecule has 0 saturated carbocycles. The summed E-state index contributed by atoms with van der Waals surface area (Å²) in [6.07, 6.45) is 41.9. The second kappa shape index (κ2) is 40.7. The highest BCUT2D eigenvalue weighted by Gasteiger charge is 2.13. The number of hydrogen-bond donors (Lipinski definition) is 0. The zero-order valence-electron chi connectivity index (χ0n) is 52.5. The molecule has 0 unspecified atom stereocenters. The maximum atomic E-state index is 13.4. The van der Waals surface area contributed by atoms with Gasteiger partial charge in [0.1, 0.15) is 58.2 Å². The standard InChI is InChI=1S/C76H102O10/c1-3-5-7-9-11-17-23-29-50-79-63-42-38-61(39-43-63)71-59-85-73-57-67(46-48-69(73)75(71)77)83-54-33-27-21-15-13-19-25-31-52-81-65-36-35-37-66(56-65)82-53-32-26-20-14-16-22-28-34-55-84-68-47-49-70-74(58-68)86-60-72(76(70)78)62-40-44-64(45-41-62)80-51-30-24-18-12-10-8-6-4-2/h35-49,56-60H,3-34,50-55H2,1-2H3. The van der Waals surface area contributed by atoms with Crippen molar-refractivity contribution in [2.45, 2.75) is 219 Å². The molecule has 0 spiro atoms. The van der Waals surface area contributed by atoms with Gasteiger partial charge in [0.25, 0.3) is 0 Å². The normalized spacial score (nSPS) is 11.4. The maximum absolute atomic E-state index is 13.4. The van der Waals surface area contributed by atoms with Crippen LogP contribution in [-0.4, -0.2) is 39.6 Å². The van der Waals surface area contributed by atoms with Crippen molar-refractivity contribution in [3.63, 3.8) is 0 Å². The van der Waals surface area contributed by atoms with Crippen LogP contribution in [0.25, 0.3) is 44.2 Å². The average Bonchev–Trinajstić information content (AvgIpc) is 3.43. The summed E-state index contributed by atoms with van der Waals surface area (Å²) in [6.45, 7) is 8.65. The molecule has 7 aromatic rings. The SMILES string of the molecule is CCCCCCCCCCOc1ccc(-c2coc3cc(OCCCCCCCCCCOc4cccc(OCCCCCCCCCCOc5ccc6c(=O)c(-c7ccc(OCCCCCCCCCC)cc7)coc6c5)c4)ccc3c2=O)cc1. The Labute approximate surface area is 514 Å². The van der Waals surface area contributed by atoms with Gasteiger partial charge < -0.3 is 37.3 Å². The van der Waals surface area contributed by atoms with E-state index >= 15 is 0 Å². The summed E-state index contributed by atoms with van der Waals surface area (Å²) in [7, 11) is 0. The summed E-state index contributed by atoms with van der Waals surface area (Å²) in [4.78, 5) is 26.9. The van der Waals surface area contributed by atoms with E-state index in [9.17, 15) is 9.59 Å². The van der Waals surface area contributed by atoms with E-state index in [1.807, 2.05) is 109 Å². The number of benzene rings is 5. The van der Waals surface area contributed by atoms with E-state index in [4.69, 9.17) is 37.3 Å². The molecule has 0 fully saturated rings. The Morgan fingerprint density at radius 3 is 0.837 bits per heavy atom. The molecule has 10 heteroatoms. The van der Waals surface area contributed by atoms with Crippen LogP contribution >= 0.6 is 0 Å². The third-order valence-corrected chi connectivity index (χ3v) is 16.3. The molecule has 86 heavy (non-hydrogen) atoms. The van der Waals surface area contributed by atoms with Crippen molar-refractivity contribution in [2.75, 3.05) is 39.6 Å². The highest BCUT2D eigenvalue weighted by Crippen LogP contribution is 2.28. The Morgan fingerprint density at radius 2 is 0.535 bits per heavy atom. The van der Waals surface area contributed by atoms with Gasteiger partial charge in [-0.15, -0.1) is 0 Å². The quantitative estimate of drug-likeness (QED) is 0.0341. The van der Waals surface area contributed by atoms with Crippen LogP contribution in [0, 0.1) is 0 Å². The smallest absolute Gasteiger partial charge is 0.200 e. The van der Waals surface area contributed by atoms with Crippen molar-refractivity contribution in [3.05, 3.63) is 142 Å². The van der Waals surface area contributed by atoms with Crippen molar-refractivity contribution in [3.8, 4) is 56.8 Å². The first-order valence-electron chi connectivity index (χ1n) is 33.7. The van der Waals surface area contributed by atoms with Crippen molar-refractivity contribution < 1.29 is 37.3 Å². The molecule has 2 heterocycles. The van der Waals surface area contributed by atoms with Crippen LogP contribution in [0.4, 0.5) is 0 Å². The van der Waals surface area contributed by atoms with Crippen molar-refractivity contribution in [1.29, 1.82) is 0 Å². The molecule has 0 aliphatic rings. The Bertz CT molecular complexity index is 2850. The third kappa shape index (κ3) is 24.6. The van der Waals surface area contributed by atoms with Crippen LogP contribution < -0.4 is 39.3 Å². The van der Waals surface area contributed by atoms with Gasteiger partial charge >= 0.3 is 0 Å². The second-order valence-corrected chi connectivity index (χ2v) is 23.5. The van der Waals surface area contributed by atoms with E-state index < -0.39 is 0 Å². The highest BCUT2D eigenvalue weighted by molar-refractivity contribution is 5.83. The molecular weight excluding hydrogens is 1070 g/mol. The van der Waals surface area contributed by atoms with E-state index in [0.717, 1.165) is 123 Å². The average molecular weight is 1180 g/mol. The summed E-state index contributed by atoms with van der Waals surface area (Å²) in [5, 5.41) is 1.10. The molecule has 0 amide bonds. The Hall–Kier alpha value is -6.68. The molecule has 0 bridgehead atoms. The number of fused-ring (bicyclic) bond motifs is 2. The first-order valence-corrected chi connectivity index (χ1v) is 33.7. The predicted molar refractivity (Wildman–Crippen MR) is 354 cm³/mol. The van der Waals surface area contributed by atoms with Gasteiger partial charge in [-0.3, -0.25) is 9.59 Å². The fraction of sp³-hybridized carbons (Fsp3) is 0.526. The van der Waals surface area contributed by atoms with Crippen molar-refractivity contribution in [1.82, 2.24) is 0 Å². The lowest BCUT2D eigenvalue weighted by Gasteiger charge is -2.10. The Morgan fingerprint density at radius 1 is 0.279 bits per heavy atom. The van der Waals surface area contributed by atoms with Gasteiger partial charge in [-0.2, -0.15) is 0 Å². The first kappa shape index (κ1) is 66.8. The van der Waals surface area contributed by atoms with Gasteiger partial charge in [-0.05, 0) is 110 Å². The van der Waals surface area contributed by atoms with Crippen LogP contribution in [0.5, 0.6) is 34.5 Å². The highest BCUT2D eigenvalue weighted by atomic mass is 16.5. The van der Waals surface area contributed by atoms with E-state index in [1.165, 1.54) is 141 Å². The van der Waals surface area contributed by atoms with Crippen LogP contribution in [0.2, 0.25) is 0 Å². The summed E-state index contributed by atoms with van der Waals surface area (Å²) in [5.41, 5.74) is 3.69. The Balaban J connectivity index is 0.639. The zero-order chi connectivity index (χ0) is 59.9. The minimum Gasteiger partial charge on any atom is -0.494 e. The fourth-order valence-electron chi connectivity index (χ4n) is 11.1. The molecule has 0 saturated heterocycles. The van der Waals surface area contributed by atoms with Gasteiger partial charge in [-0.1, -0.05) is 211 Å². The van der Waals surface area contributed by atoms with Gasteiger partial charge in [0.05, 0.1) is 61.5 Å². The summed E-state index contributed by atoms with van der Waals surface area (Å²) < 4.78 is 48.1. The minimum absolute atomic E-state index is 0.0480. The van der Waals surface area contributed by atoms with Gasteiger partial charge in [-0.25, -0.2) is 0 Å². The number of rotatable bonds is 48. The van der Waals surface area contributed by atoms with Gasteiger partial charge in [0, 0.05) is 18.2 Å². The molecule has 466 valence electrons. The minimum atomic E-state index is -0.0480. The Kier molecular flexibility index (Phi) is 31.6. The molecule has 0 aliphatic carbocycles. The molecule has 7 rings (SSSR count). The lowest BCUT2D eigenvalue weighted by Crippen LogP contribution is -2.05. The zero-order valence-corrected chi connectivity index (χ0v) is 52.5. The summed E-state index contributed by atoms with van der Waals surface area (Å²) in [5.74, 6) is 4.84. The predicted octanol–water partition coefficient (Wildman–Crippen LogP) is 21.4. The lowest BCUT2D eigenvalue weighted by atomic mass is 10.1. The molecule has 0 radical (unpaired) electrons. The van der Waals surface area contributed by atoms with Crippen molar-refractivity contribution >= 4 is 21.9 Å². The molecule has 0 aliphatic heterocycles. The van der Waals surface area contributed by atoms with E-state index in [0.29, 0.717) is 59.5 Å². The van der Waals surface area contributed by atoms with E-state index in [2.05, 4.69) is 13.8 Å². The first-order chi connectivity index (χ1) is 42.5. The van der Waals surface area contributed by atoms with Crippen LogP contribution in [0.3, 0.4) is 0 Å². The molecule has 5 aromatic carbocycles. The van der Waals surface area contributed by atoms with Crippen LogP contribution in [0.15, 0.2) is 140 Å². The molecule has 0 N–H and O–H groups in total. The number of hydrogen-bond acceptors (Lipinski definition) is 10. The topological polar surface area (TPSA) is 116 Å². The largest absolute Gasteiger partial charge is 0.494 e. The third-order valence-electron chi connectivity index (χ3n) is 16.3. The van der Waals surface area contributed by atoms with E-state index in [-0.39, 0.29) is 10.9 Å². The monoisotopic (exact) mass is 1170 g/mol. The summed E-state index contributed by atoms with van der Waals surface area (Å²) in [6, 6.07) is 34.5. The lowest BCUT2D eigenvalue weighted by molar-refractivity contribution is 0.289. The van der Waals surface area contributed by atoms with Gasteiger partial charge in [0.2, 0.25) is 0 Å². The number of unbranched alkanes of at least 4 members (excludes halogenated alkanes) is 28.